The predicted molar refractivity (Wildman–Crippen MR) is 47.8 cm³/mol. The number of aliphatic hydroxyl groups excluding tert-OH is 1. The summed E-state index contributed by atoms with van der Waals surface area (Å²) in [5.74, 6) is 0. The molecule has 0 aliphatic heterocycles. The van der Waals surface area contributed by atoms with Gasteiger partial charge in [0.15, 0.2) is 0 Å². The summed E-state index contributed by atoms with van der Waals surface area (Å²) in [7, 11) is 0. The van der Waals surface area contributed by atoms with Crippen molar-refractivity contribution in [3.63, 3.8) is 0 Å². The zero-order valence-corrected chi connectivity index (χ0v) is 6.90. The number of aliphatic hydroxyl groups is 1. The summed E-state index contributed by atoms with van der Waals surface area (Å²) in [6, 6.07) is 8.08. The molecule has 0 saturated heterocycles. The molecule has 0 aromatic heterocycles. The third-order valence-electron chi connectivity index (χ3n) is 2.50. The van der Waals surface area contributed by atoms with Crippen molar-refractivity contribution in [2.45, 2.75) is 25.0 Å². The molecule has 1 aliphatic carbocycles. The molecule has 2 nitrogen and oxygen atoms in total. The van der Waals surface area contributed by atoms with Gasteiger partial charge in [-0.1, -0.05) is 24.3 Å². The fraction of sp³-hybridized carbons (Fsp3) is 0.400. The average Bonchev–Trinajstić information content (AvgIpc) is 2.07. The van der Waals surface area contributed by atoms with Crippen molar-refractivity contribution in [1.29, 1.82) is 0 Å². The van der Waals surface area contributed by atoms with Crippen molar-refractivity contribution in [3.05, 3.63) is 35.4 Å². The highest BCUT2D eigenvalue weighted by Crippen LogP contribution is 2.20. The molecular formula is C10H13NO. The summed E-state index contributed by atoms with van der Waals surface area (Å²) < 4.78 is 0. The quantitative estimate of drug-likeness (QED) is 0.584. The van der Waals surface area contributed by atoms with Crippen LogP contribution in [0.15, 0.2) is 24.3 Å². The van der Waals surface area contributed by atoms with Crippen LogP contribution in [0, 0.1) is 0 Å². The number of hydrogen-bond donors (Lipinski definition) is 2. The Balaban J connectivity index is 2.34. The van der Waals surface area contributed by atoms with Crippen LogP contribution in [0.5, 0.6) is 0 Å². The lowest BCUT2D eigenvalue weighted by Gasteiger charge is -2.26. The molecule has 1 aliphatic rings. The van der Waals surface area contributed by atoms with Gasteiger partial charge in [0.05, 0.1) is 6.10 Å². The van der Waals surface area contributed by atoms with Gasteiger partial charge in [-0.25, -0.2) is 0 Å². The van der Waals surface area contributed by atoms with Crippen LogP contribution in [-0.2, 0) is 12.8 Å². The van der Waals surface area contributed by atoms with Crippen LogP contribution in [0.25, 0.3) is 0 Å². The molecule has 2 atom stereocenters. The molecule has 1 aromatic rings. The summed E-state index contributed by atoms with van der Waals surface area (Å²) >= 11 is 0. The number of rotatable bonds is 0. The van der Waals surface area contributed by atoms with Crippen molar-refractivity contribution in [2.24, 2.45) is 5.73 Å². The number of hydrogen-bond acceptors (Lipinski definition) is 2. The van der Waals surface area contributed by atoms with E-state index in [1.54, 1.807) is 0 Å². The van der Waals surface area contributed by atoms with Gasteiger partial charge in [-0.3, -0.25) is 0 Å². The minimum absolute atomic E-state index is 0.0834. The van der Waals surface area contributed by atoms with E-state index in [2.05, 4.69) is 12.1 Å². The van der Waals surface area contributed by atoms with Crippen molar-refractivity contribution < 1.29 is 5.11 Å². The van der Waals surface area contributed by atoms with Crippen molar-refractivity contribution in [2.75, 3.05) is 0 Å². The first-order valence-corrected chi connectivity index (χ1v) is 4.28. The van der Waals surface area contributed by atoms with Crippen molar-refractivity contribution >= 4 is 0 Å². The van der Waals surface area contributed by atoms with Crippen LogP contribution in [0.3, 0.4) is 0 Å². The Morgan fingerprint density at radius 2 is 1.75 bits per heavy atom. The van der Waals surface area contributed by atoms with Crippen molar-refractivity contribution in [3.8, 4) is 0 Å². The van der Waals surface area contributed by atoms with Gasteiger partial charge in [-0.2, -0.15) is 0 Å². The van der Waals surface area contributed by atoms with Crippen LogP contribution in [0.2, 0.25) is 0 Å². The number of nitrogens with two attached hydrogens (primary N) is 1. The highest BCUT2D eigenvalue weighted by molar-refractivity contribution is 5.31. The van der Waals surface area contributed by atoms with Crippen LogP contribution < -0.4 is 5.73 Å². The molecule has 0 unspecified atom stereocenters. The van der Waals surface area contributed by atoms with E-state index in [1.807, 2.05) is 12.1 Å². The second kappa shape index (κ2) is 2.88. The van der Waals surface area contributed by atoms with Gasteiger partial charge in [0, 0.05) is 12.5 Å². The largest absolute Gasteiger partial charge is 0.391 e. The summed E-state index contributed by atoms with van der Waals surface area (Å²) in [5.41, 5.74) is 8.27. The van der Waals surface area contributed by atoms with E-state index >= 15 is 0 Å². The number of fused-ring (bicyclic) bond motifs is 1. The Hall–Kier alpha value is -0.860. The lowest BCUT2D eigenvalue weighted by Crippen LogP contribution is -2.41. The molecule has 0 radical (unpaired) electrons. The molecule has 0 amide bonds. The third-order valence-corrected chi connectivity index (χ3v) is 2.50. The highest BCUT2D eigenvalue weighted by atomic mass is 16.3. The van der Waals surface area contributed by atoms with Gasteiger partial charge in [0.2, 0.25) is 0 Å². The van der Waals surface area contributed by atoms with E-state index in [4.69, 9.17) is 5.73 Å². The molecular weight excluding hydrogens is 150 g/mol. The summed E-state index contributed by atoms with van der Waals surface area (Å²) in [6.45, 7) is 0. The second-order valence-corrected chi connectivity index (χ2v) is 3.41. The third kappa shape index (κ3) is 1.24. The Labute approximate surface area is 72.0 Å². The van der Waals surface area contributed by atoms with Crippen LogP contribution in [0.4, 0.5) is 0 Å². The average molecular weight is 163 g/mol. The highest BCUT2D eigenvalue weighted by Gasteiger charge is 2.22. The molecule has 2 heteroatoms. The summed E-state index contributed by atoms with van der Waals surface area (Å²) in [5, 5.41) is 9.50. The van der Waals surface area contributed by atoms with Crippen molar-refractivity contribution in [1.82, 2.24) is 0 Å². The molecule has 1 aromatic carbocycles. The first-order chi connectivity index (χ1) is 5.77. The summed E-state index contributed by atoms with van der Waals surface area (Å²) in [4.78, 5) is 0. The monoisotopic (exact) mass is 163 g/mol. The topological polar surface area (TPSA) is 46.2 Å². The molecule has 3 N–H and O–H groups in total. The first-order valence-electron chi connectivity index (χ1n) is 4.28. The Morgan fingerprint density at radius 3 is 2.42 bits per heavy atom. The Morgan fingerprint density at radius 1 is 1.17 bits per heavy atom. The van der Waals surface area contributed by atoms with Gasteiger partial charge < -0.3 is 10.8 Å². The fourth-order valence-corrected chi connectivity index (χ4v) is 1.72. The molecule has 0 saturated carbocycles. The van der Waals surface area contributed by atoms with Gasteiger partial charge in [0.25, 0.3) is 0 Å². The van der Waals surface area contributed by atoms with E-state index in [1.165, 1.54) is 11.1 Å². The molecule has 0 spiro atoms. The molecule has 0 fully saturated rings. The van der Waals surface area contributed by atoms with E-state index < -0.39 is 0 Å². The second-order valence-electron chi connectivity index (χ2n) is 3.41. The maximum Gasteiger partial charge on any atom is 0.0734 e. The summed E-state index contributed by atoms with van der Waals surface area (Å²) in [6.07, 6.45) is 1.15. The smallest absolute Gasteiger partial charge is 0.0734 e. The predicted octanol–water partition coefficient (Wildman–Crippen LogP) is 0.473. The Kier molecular flexibility index (Phi) is 1.87. The molecule has 2 rings (SSSR count). The zero-order chi connectivity index (χ0) is 8.55. The van der Waals surface area contributed by atoms with E-state index in [-0.39, 0.29) is 12.1 Å². The minimum Gasteiger partial charge on any atom is -0.391 e. The van der Waals surface area contributed by atoms with E-state index in [0.717, 1.165) is 6.42 Å². The van der Waals surface area contributed by atoms with Crippen LogP contribution in [0.1, 0.15) is 11.1 Å². The van der Waals surface area contributed by atoms with Gasteiger partial charge >= 0.3 is 0 Å². The molecule has 0 bridgehead atoms. The SMILES string of the molecule is N[C@@H]1Cc2ccccc2C[C@H]1O. The minimum atomic E-state index is -0.361. The normalized spacial score (nSPS) is 28.2. The van der Waals surface area contributed by atoms with E-state index in [0.29, 0.717) is 6.42 Å². The molecule has 12 heavy (non-hydrogen) atoms. The standard InChI is InChI=1S/C10H13NO/c11-9-5-7-3-1-2-4-8(7)6-10(9)12/h1-4,9-10,12H,5-6,11H2/t9-,10-/m1/s1. The maximum atomic E-state index is 9.50. The van der Waals surface area contributed by atoms with Crippen LogP contribution in [-0.4, -0.2) is 17.3 Å². The maximum absolute atomic E-state index is 9.50. The fourth-order valence-electron chi connectivity index (χ4n) is 1.72. The van der Waals surface area contributed by atoms with E-state index in [9.17, 15) is 5.11 Å². The van der Waals surface area contributed by atoms with Gasteiger partial charge in [-0.05, 0) is 17.5 Å². The van der Waals surface area contributed by atoms with Gasteiger partial charge in [0.1, 0.15) is 0 Å². The lowest BCUT2D eigenvalue weighted by molar-refractivity contribution is 0.137. The number of benzene rings is 1. The lowest BCUT2D eigenvalue weighted by atomic mass is 9.87. The Bertz CT molecular complexity index is 256. The first kappa shape index (κ1) is 7.77. The molecule has 64 valence electrons. The molecule has 0 heterocycles. The zero-order valence-electron chi connectivity index (χ0n) is 6.90. The van der Waals surface area contributed by atoms with Crippen LogP contribution >= 0.6 is 0 Å². The van der Waals surface area contributed by atoms with Gasteiger partial charge in [-0.15, -0.1) is 0 Å².